The number of hydrogen-bond donors (Lipinski definition) is 2. The van der Waals surface area contributed by atoms with E-state index in [1.807, 2.05) is 36.6 Å². The summed E-state index contributed by atoms with van der Waals surface area (Å²) in [5.41, 5.74) is 2.12. The summed E-state index contributed by atoms with van der Waals surface area (Å²) in [4.78, 5) is 23.4. The molecule has 0 bridgehead atoms. The first-order valence-electron chi connectivity index (χ1n) is 7.34. The number of para-hydroxylation sites is 1. The van der Waals surface area contributed by atoms with Crippen LogP contribution in [0.2, 0.25) is 0 Å². The summed E-state index contributed by atoms with van der Waals surface area (Å²) in [7, 11) is 0. The molecule has 2 N–H and O–H groups in total. The lowest BCUT2D eigenvalue weighted by molar-refractivity contribution is -0.111. The summed E-state index contributed by atoms with van der Waals surface area (Å²) >= 11 is 1.67. The van der Waals surface area contributed by atoms with Crippen LogP contribution in [0.5, 0.6) is 0 Å². The number of benzene rings is 2. The van der Waals surface area contributed by atoms with Crippen LogP contribution >= 0.6 is 11.3 Å². The highest BCUT2D eigenvalue weighted by molar-refractivity contribution is 7.17. The quantitative estimate of drug-likeness (QED) is 0.682. The Hall–Kier alpha value is -2.92. The average Bonchev–Trinajstić information content (AvgIpc) is 3.02. The molecule has 24 heavy (non-hydrogen) atoms. The van der Waals surface area contributed by atoms with Crippen LogP contribution in [0.25, 0.3) is 15.7 Å². The molecule has 0 saturated heterocycles. The van der Waals surface area contributed by atoms with Gasteiger partial charge in [-0.15, -0.1) is 11.3 Å². The molecule has 0 spiro atoms. The van der Waals surface area contributed by atoms with Crippen molar-refractivity contribution in [2.45, 2.75) is 6.92 Å². The SMILES string of the molecule is C/C(=C\C(=O)Nc1ccccc1C(=O)O)c1ccc2sccc2c1. The van der Waals surface area contributed by atoms with Gasteiger partial charge < -0.3 is 10.4 Å². The van der Waals surface area contributed by atoms with Gasteiger partial charge in [0.05, 0.1) is 11.3 Å². The maximum Gasteiger partial charge on any atom is 0.337 e. The molecule has 0 aliphatic heterocycles. The molecule has 0 fully saturated rings. The molecule has 1 aromatic heterocycles. The second-order valence-electron chi connectivity index (χ2n) is 5.34. The van der Waals surface area contributed by atoms with Gasteiger partial charge in [0.15, 0.2) is 0 Å². The van der Waals surface area contributed by atoms with Crippen LogP contribution in [-0.4, -0.2) is 17.0 Å². The van der Waals surface area contributed by atoms with Crippen LogP contribution in [-0.2, 0) is 4.79 Å². The Balaban J connectivity index is 1.82. The van der Waals surface area contributed by atoms with E-state index in [0.717, 1.165) is 16.5 Å². The van der Waals surface area contributed by atoms with Crippen molar-refractivity contribution in [2.75, 3.05) is 5.32 Å². The molecule has 2 aromatic carbocycles. The van der Waals surface area contributed by atoms with Crippen molar-refractivity contribution in [3.05, 3.63) is 71.1 Å². The fraction of sp³-hybridized carbons (Fsp3) is 0.0526. The van der Waals surface area contributed by atoms with Gasteiger partial charge in [0.1, 0.15) is 0 Å². The molecule has 0 aliphatic carbocycles. The summed E-state index contributed by atoms with van der Waals surface area (Å²) in [5.74, 6) is -1.43. The van der Waals surface area contributed by atoms with E-state index in [0.29, 0.717) is 0 Å². The van der Waals surface area contributed by atoms with Gasteiger partial charge in [0.25, 0.3) is 0 Å². The molecule has 5 heteroatoms. The summed E-state index contributed by atoms with van der Waals surface area (Å²) in [6, 6.07) is 14.4. The molecule has 3 rings (SSSR count). The van der Waals surface area contributed by atoms with Gasteiger partial charge in [0.2, 0.25) is 5.91 Å². The number of hydrogen-bond acceptors (Lipinski definition) is 3. The molecule has 0 atom stereocenters. The van der Waals surface area contributed by atoms with Gasteiger partial charge >= 0.3 is 5.97 Å². The smallest absolute Gasteiger partial charge is 0.337 e. The normalized spacial score (nSPS) is 11.5. The Kier molecular flexibility index (Phi) is 4.44. The van der Waals surface area contributed by atoms with E-state index in [1.54, 1.807) is 29.5 Å². The molecule has 3 aromatic rings. The third-order valence-corrected chi connectivity index (χ3v) is 4.57. The number of carbonyl (C=O) groups excluding carboxylic acids is 1. The molecule has 4 nitrogen and oxygen atoms in total. The van der Waals surface area contributed by atoms with E-state index in [2.05, 4.69) is 5.32 Å². The third-order valence-electron chi connectivity index (χ3n) is 3.67. The first kappa shape index (κ1) is 16.0. The zero-order valence-corrected chi connectivity index (χ0v) is 13.8. The number of carbonyl (C=O) groups is 2. The number of carboxylic acid groups (broad SMARTS) is 1. The van der Waals surface area contributed by atoms with Gasteiger partial charge in [-0.25, -0.2) is 4.79 Å². The van der Waals surface area contributed by atoms with Crippen molar-refractivity contribution in [2.24, 2.45) is 0 Å². The van der Waals surface area contributed by atoms with E-state index < -0.39 is 5.97 Å². The lowest BCUT2D eigenvalue weighted by Crippen LogP contribution is -2.12. The van der Waals surface area contributed by atoms with Crippen molar-refractivity contribution in [1.29, 1.82) is 0 Å². The van der Waals surface area contributed by atoms with Gasteiger partial charge in [0, 0.05) is 10.8 Å². The minimum atomic E-state index is -1.07. The second kappa shape index (κ2) is 6.68. The van der Waals surface area contributed by atoms with Crippen LogP contribution in [0.4, 0.5) is 5.69 Å². The topological polar surface area (TPSA) is 66.4 Å². The number of rotatable bonds is 4. The van der Waals surface area contributed by atoms with E-state index in [9.17, 15) is 9.59 Å². The van der Waals surface area contributed by atoms with Crippen LogP contribution in [0.15, 0.2) is 60.0 Å². The van der Waals surface area contributed by atoms with Crippen molar-refractivity contribution in [3.63, 3.8) is 0 Å². The highest BCUT2D eigenvalue weighted by atomic mass is 32.1. The van der Waals surface area contributed by atoms with Crippen LogP contribution in [0, 0.1) is 0 Å². The number of allylic oxidation sites excluding steroid dienone is 1. The van der Waals surface area contributed by atoms with E-state index in [1.165, 1.54) is 16.8 Å². The summed E-state index contributed by atoms with van der Waals surface area (Å²) in [5, 5.41) is 15.0. The Morgan fingerprint density at radius 1 is 1.12 bits per heavy atom. The van der Waals surface area contributed by atoms with Crippen molar-refractivity contribution < 1.29 is 14.7 Å². The average molecular weight is 337 g/mol. The number of anilines is 1. The molecular weight excluding hydrogens is 322 g/mol. The predicted octanol–water partition coefficient (Wildman–Crippen LogP) is 4.64. The number of thiophene rings is 1. The first-order valence-corrected chi connectivity index (χ1v) is 8.22. The molecule has 0 aliphatic rings. The molecule has 0 saturated carbocycles. The zero-order valence-electron chi connectivity index (χ0n) is 12.9. The maximum absolute atomic E-state index is 12.2. The van der Waals surface area contributed by atoms with Gasteiger partial charge in [-0.05, 0) is 59.2 Å². The van der Waals surface area contributed by atoms with E-state index in [-0.39, 0.29) is 17.2 Å². The predicted molar refractivity (Wildman–Crippen MR) is 97.5 cm³/mol. The molecule has 1 amide bonds. The Morgan fingerprint density at radius 2 is 1.92 bits per heavy atom. The van der Waals surface area contributed by atoms with E-state index >= 15 is 0 Å². The van der Waals surface area contributed by atoms with Crippen LogP contribution in [0.1, 0.15) is 22.8 Å². The monoisotopic (exact) mass is 337 g/mol. The Morgan fingerprint density at radius 3 is 2.71 bits per heavy atom. The Labute approximate surface area is 143 Å². The lowest BCUT2D eigenvalue weighted by atomic mass is 10.1. The number of nitrogens with one attached hydrogen (secondary N) is 1. The molecule has 0 radical (unpaired) electrons. The number of amides is 1. The van der Waals surface area contributed by atoms with Gasteiger partial charge in [-0.3, -0.25) is 4.79 Å². The second-order valence-corrected chi connectivity index (χ2v) is 6.29. The largest absolute Gasteiger partial charge is 0.478 e. The van der Waals surface area contributed by atoms with Crippen molar-refractivity contribution in [3.8, 4) is 0 Å². The summed E-state index contributed by atoms with van der Waals surface area (Å²) < 4.78 is 1.20. The third kappa shape index (κ3) is 3.36. The van der Waals surface area contributed by atoms with Gasteiger partial charge in [-0.2, -0.15) is 0 Å². The highest BCUT2D eigenvalue weighted by Crippen LogP contribution is 2.25. The molecule has 0 unspecified atom stereocenters. The molecule has 120 valence electrons. The van der Waals surface area contributed by atoms with Gasteiger partial charge in [-0.1, -0.05) is 18.2 Å². The standard InChI is InChI=1S/C19H15NO3S/c1-12(13-6-7-17-14(11-13)8-9-24-17)10-18(21)20-16-5-3-2-4-15(16)19(22)23/h2-11H,1H3,(H,20,21)(H,22,23)/b12-10+. The number of carboxylic acids is 1. The molecular formula is C19H15NO3S. The molecule has 1 heterocycles. The van der Waals surface area contributed by atoms with Crippen LogP contribution < -0.4 is 5.32 Å². The summed E-state index contributed by atoms with van der Waals surface area (Å²) in [6.07, 6.45) is 1.48. The lowest BCUT2D eigenvalue weighted by Gasteiger charge is -2.07. The van der Waals surface area contributed by atoms with Crippen molar-refractivity contribution >= 4 is 44.6 Å². The van der Waals surface area contributed by atoms with Crippen LogP contribution in [0.3, 0.4) is 0 Å². The minimum Gasteiger partial charge on any atom is -0.478 e. The number of fused-ring (bicyclic) bond motifs is 1. The minimum absolute atomic E-state index is 0.0663. The van der Waals surface area contributed by atoms with E-state index in [4.69, 9.17) is 5.11 Å². The zero-order chi connectivity index (χ0) is 17.1. The Bertz CT molecular complexity index is 956. The summed E-state index contributed by atoms with van der Waals surface area (Å²) in [6.45, 7) is 1.86. The van der Waals surface area contributed by atoms with Crippen molar-refractivity contribution in [1.82, 2.24) is 0 Å². The highest BCUT2D eigenvalue weighted by Gasteiger charge is 2.11. The fourth-order valence-corrected chi connectivity index (χ4v) is 3.21. The first-order chi connectivity index (χ1) is 11.5. The number of aromatic carboxylic acids is 1. The maximum atomic E-state index is 12.2. The fourth-order valence-electron chi connectivity index (χ4n) is 2.44.